The standard InChI is InChI=1S/C12H16N4/c1-9-3-4-11(10(2)5-9)6-13-7-12-14-8-15-16-12/h3-5,8,13H,6-7H2,1-2H3,(H,14,15,16). The molecule has 0 aliphatic carbocycles. The molecule has 84 valence electrons. The molecule has 4 heteroatoms. The molecule has 0 aliphatic heterocycles. The number of aromatic amines is 1. The minimum Gasteiger partial charge on any atom is -0.306 e. The summed E-state index contributed by atoms with van der Waals surface area (Å²) >= 11 is 0. The lowest BCUT2D eigenvalue weighted by Crippen LogP contribution is -2.14. The molecule has 2 aromatic rings. The molecule has 0 saturated carbocycles. The Morgan fingerprint density at radius 1 is 1.25 bits per heavy atom. The van der Waals surface area contributed by atoms with Crippen LogP contribution in [-0.2, 0) is 13.1 Å². The third-order valence-corrected chi connectivity index (χ3v) is 2.57. The average molecular weight is 216 g/mol. The van der Waals surface area contributed by atoms with E-state index in [2.05, 4.69) is 52.5 Å². The number of nitrogens with one attached hydrogen (secondary N) is 2. The van der Waals surface area contributed by atoms with Crippen LogP contribution < -0.4 is 5.32 Å². The normalized spacial score (nSPS) is 10.6. The Morgan fingerprint density at radius 2 is 2.12 bits per heavy atom. The third kappa shape index (κ3) is 2.67. The maximum atomic E-state index is 4.05. The van der Waals surface area contributed by atoms with E-state index < -0.39 is 0 Å². The lowest BCUT2D eigenvalue weighted by atomic mass is 10.1. The van der Waals surface area contributed by atoms with Gasteiger partial charge in [-0.2, -0.15) is 5.10 Å². The largest absolute Gasteiger partial charge is 0.306 e. The van der Waals surface area contributed by atoms with Crippen molar-refractivity contribution in [2.24, 2.45) is 0 Å². The van der Waals surface area contributed by atoms with Crippen molar-refractivity contribution in [3.63, 3.8) is 0 Å². The lowest BCUT2D eigenvalue weighted by Gasteiger charge is -2.07. The van der Waals surface area contributed by atoms with Gasteiger partial charge in [-0.25, -0.2) is 4.98 Å². The highest BCUT2D eigenvalue weighted by Crippen LogP contribution is 2.10. The van der Waals surface area contributed by atoms with Crippen LogP contribution in [0.3, 0.4) is 0 Å². The second kappa shape index (κ2) is 4.90. The molecule has 0 radical (unpaired) electrons. The van der Waals surface area contributed by atoms with E-state index in [1.165, 1.54) is 23.0 Å². The quantitative estimate of drug-likeness (QED) is 0.818. The first kappa shape index (κ1) is 10.8. The average Bonchev–Trinajstić information content (AvgIpc) is 2.74. The number of nitrogens with zero attached hydrogens (tertiary/aromatic N) is 2. The Kier molecular flexibility index (Phi) is 3.31. The molecule has 2 rings (SSSR count). The van der Waals surface area contributed by atoms with Crippen LogP contribution in [0, 0.1) is 13.8 Å². The first-order valence-electron chi connectivity index (χ1n) is 5.37. The first-order valence-corrected chi connectivity index (χ1v) is 5.37. The molecule has 2 N–H and O–H groups in total. The molecule has 0 atom stereocenters. The van der Waals surface area contributed by atoms with Gasteiger partial charge in [0.25, 0.3) is 0 Å². The molecule has 1 heterocycles. The Labute approximate surface area is 95.1 Å². The highest BCUT2D eigenvalue weighted by atomic mass is 15.2. The number of aromatic nitrogens is 3. The van der Waals surface area contributed by atoms with Crippen LogP contribution in [0.2, 0.25) is 0 Å². The Morgan fingerprint density at radius 3 is 2.81 bits per heavy atom. The van der Waals surface area contributed by atoms with Gasteiger partial charge in [0.2, 0.25) is 0 Å². The van der Waals surface area contributed by atoms with Gasteiger partial charge in [0, 0.05) is 6.54 Å². The van der Waals surface area contributed by atoms with Gasteiger partial charge in [0.1, 0.15) is 12.2 Å². The summed E-state index contributed by atoms with van der Waals surface area (Å²) in [6.07, 6.45) is 1.52. The van der Waals surface area contributed by atoms with Gasteiger partial charge >= 0.3 is 0 Å². The molecular formula is C12H16N4. The minimum absolute atomic E-state index is 0.716. The van der Waals surface area contributed by atoms with Crippen LogP contribution in [0.15, 0.2) is 24.5 Å². The fraction of sp³-hybridized carbons (Fsp3) is 0.333. The summed E-state index contributed by atoms with van der Waals surface area (Å²) in [4.78, 5) is 4.05. The van der Waals surface area contributed by atoms with Gasteiger partial charge in [-0.05, 0) is 25.0 Å². The zero-order valence-corrected chi connectivity index (χ0v) is 9.62. The maximum Gasteiger partial charge on any atom is 0.138 e. The molecule has 1 aromatic heterocycles. The van der Waals surface area contributed by atoms with E-state index in [0.717, 1.165) is 12.4 Å². The number of aryl methyl sites for hydroxylation is 2. The summed E-state index contributed by atoms with van der Waals surface area (Å²) < 4.78 is 0. The van der Waals surface area contributed by atoms with Crippen LogP contribution in [0.1, 0.15) is 22.5 Å². The first-order chi connectivity index (χ1) is 7.75. The minimum atomic E-state index is 0.716. The molecule has 0 unspecified atom stereocenters. The molecule has 0 spiro atoms. The van der Waals surface area contributed by atoms with E-state index in [9.17, 15) is 0 Å². The van der Waals surface area contributed by atoms with Gasteiger partial charge in [-0.3, -0.25) is 5.10 Å². The predicted octanol–water partition coefficient (Wildman–Crippen LogP) is 1.71. The molecular weight excluding hydrogens is 200 g/mol. The van der Waals surface area contributed by atoms with Gasteiger partial charge in [0.15, 0.2) is 0 Å². The molecule has 0 fully saturated rings. The predicted molar refractivity (Wildman–Crippen MR) is 62.8 cm³/mol. The molecule has 1 aromatic carbocycles. The second-order valence-corrected chi connectivity index (χ2v) is 3.97. The topological polar surface area (TPSA) is 53.6 Å². The van der Waals surface area contributed by atoms with Crippen LogP contribution in [0.4, 0.5) is 0 Å². The lowest BCUT2D eigenvalue weighted by molar-refractivity contribution is 0.662. The van der Waals surface area contributed by atoms with E-state index >= 15 is 0 Å². The van der Waals surface area contributed by atoms with Crippen molar-refractivity contribution in [3.8, 4) is 0 Å². The fourth-order valence-electron chi connectivity index (χ4n) is 1.68. The Bertz CT molecular complexity index is 448. The van der Waals surface area contributed by atoms with Crippen molar-refractivity contribution < 1.29 is 0 Å². The molecule has 4 nitrogen and oxygen atoms in total. The van der Waals surface area contributed by atoms with Crippen LogP contribution in [-0.4, -0.2) is 15.2 Å². The van der Waals surface area contributed by atoms with Crippen molar-refractivity contribution in [3.05, 3.63) is 47.0 Å². The van der Waals surface area contributed by atoms with E-state index in [0.29, 0.717) is 6.54 Å². The Balaban J connectivity index is 1.90. The summed E-state index contributed by atoms with van der Waals surface area (Å²) in [5.74, 6) is 0.866. The zero-order valence-electron chi connectivity index (χ0n) is 9.62. The molecule has 0 saturated heterocycles. The molecule has 0 aliphatic rings. The summed E-state index contributed by atoms with van der Waals surface area (Å²) in [6, 6.07) is 6.50. The van der Waals surface area contributed by atoms with Crippen LogP contribution >= 0.6 is 0 Å². The summed E-state index contributed by atoms with van der Waals surface area (Å²) in [5, 5.41) is 9.96. The SMILES string of the molecule is Cc1ccc(CNCc2ncn[nH]2)c(C)c1. The summed E-state index contributed by atoms with van der Waals surface area (Å²) in [7, 11) is 0. The van der Waals surface area contributed by atoms with E-state index in [1.807, 2.05) is 0 Å². The smallest absolute Gasteiger partial charge is 0.138 e. The third-order valence-electron chi connectivity index (χ3n) is 2.57. The monoisotopic (exact) mass is 216 g/mol. The van der Waals surface area contributed by atoms with Crippen molar-refractivity contribution >= 4 is 0 Å². The van der Waals surface area contributed by atoms with Crippen molar-refractivity contribution in [1.29, 1.82) is 0 Å². The van der Waals surface area contributed by atoms with Gasteiger partial charge < -0.3 is 5.32 Å². The second-order valence-electron chi connectivity index (χ2n) is 3.97. The summed E-state index contributed by atoms with van der Waals surface area (Å²) in [6.45, 7) is 5.82. The van der Waals surface area contributed by atoms with Crippen molar-refractivity contribution in [1.82, 2.24) is 20.5 Å². The van der Waals surface area contributed by atoms with Crippen molar-refractivity contribution in [2.45, 2.75) is 26.9 Å². The fourth-order valence-corrected chi connectivity index (χ4v) is 1.68. The zero-order chi connectivity index (χ0) is 11.4. The van der Waals surface area contributed by atoms with Gasteiger partial charge in [-0.15, -0.1) is 0 Å². The molecule has 16 heavy (non-hydrogen) atoms. The number of hydrogen-bond donors (Lipinski definition) is 2. The van der Waals surface area contributed by atoms with Crippen molar-refractivity contribution in [2.75, 3.05) is 0 Å². The number of rotatable bonds is 4. The van der Waals surface area contributed by atoms with E-state index in [-0.39, 0.29) is 0 Å². The van der Waals surface area contributed by atoms with E-state index in [4.69, 9.17) is 0 Å². The summed E-state index contributed by atoms with van der Waals surface area (Å²) in [5.41, 5.74) is 3.95. The maximum absolute atomic E-state index is 4.05. The Hall–Kier alpha value is -1.68. The van der Waals surface area contributed by atoms with Crippen LogP contribution in [0.5, 0.6) is 0 Å². The van der Waals surface area contributed by atoms with Crippen LogP contribution in [0.25, 0.3) is 0 Å². The van der Waals surface area contributed by atoms with Gasteiger partial charge in [0.05, 0.1) is 6.54 Å². The molecule has 0 bridgehead atoms. The van der Waals surface area contributed by atoms with E-state index in [1.54, 1.807) is 0 Å². The highest BCUT2D eigenvalue weighted by molar-refractivity contribution is 5.30. The van der Waals surface area contributed by atoms with Gasteiger partial charge in [-0.1, -0.05) is 23.8 Å². The number of hydrogen-bond acceptors (Lipinski definition) is 3. The highest BCUT2D eigenvalue weighted by Gasteiger charge is 1.99. The number of benzene rings is 1. The molecule has 0 amide bonds. The number of H-pyrrole nitrogens is 1.